The maximum atomic E-state index is 12.6. The minimum Gasteiger partial charge on any atom is -0.313 e. The Morgan fingerprint density at radius 3 is 2.44 bits per heavy atom. The van der Waals surface area contributed by atoms with E-state index in [0.29, 0.717) is 12.8 Å². The summed E-state index contributed by atoms with van der Waals surface area (Å²) >= 11 is 0. The zero-order chi connectivity index (χ0) is 13.0. The van der Waals surface area contributed by atoms with Crippen LogP contribution in [0.1, 0.15) is 38.5 Å². The molecule has 0 aromatic heterocycles. The summed E-state index contributed by atoms with van der Waals surface area (Å²) in [7, 11) is 0. The van der Waals surface area contributed by atoms with Gasteiger partial charge in [0.2, 0.25) is 0 Å². The minimum absolute atomic E-state index is 0.0629. The van der Waals surface area contributed by atoms with E-state index < -0.39 is 12.1 Å². The van der Waals surface area contributed by atoms with Crippen LogP contribution in [0.15, 0.2) is 0 Å². The highest BCUT2D eigenvalue weighted by Gasteiger charge is 2.41. The Bertz CT molecular complexity index is 249. The molecule has 18 heavy (non-hydrogen) atoms. The van der Waals surface area contributed by atoms with Gasteiger partial charge < -0.3 is 10.2 Å². The van der Waals surface area contributed by atoms with Crippen molar-refractivity contribution in [2.24, 2.45) is 5.92 Å². The molecule has 0 amide bonds. The van der Waals surface area contributed by atoms with Crippen LogP contribution in [0, 0.1) is 5.92 Å². The summed E-state index contributed by atoms with van der Waals surface area (Å²) in [5, 5.41) is 3.31. The fourth-order valence-electron chi connectivity index (χ4n) is 3.11. The Morgan fingerprint density at radius 1 is 1.06 bits per heavy atom. The highest BCUT2D eigenvalue weighted by molar-refractivity contribution is 4.82. The second-order valence-corrected chi connectivity index (χ2v) is 5.60. The number of nitrogens with zero attached hydrogens (tertiary/aromatic N) is 1. The Labute approximate surface area is 107 Å². The molecule has 0 bridgehead atoms. The molecule has 2 aliphatic rings. The summed E-state index contributed by atoms with van der Waals surface area (Å²) in [5.41, 5.74) is 0. The van der Waals surface area contributed by atoms with Gasteiger partial charge in [-0.05, 0) is 45.2 Å². The summed E-state index contributed by atoms with van der Waals surface area (Å²) in [5.74, 6) is -1.09. The first kappa shape index (κ1) is 14.1. The van der Waals surface area contributed by atoms with Gasteiger partial charge in [0.05, 0.1) is 5.92 Å². The molecule has 0 radical (unpaired) electrons. The quantitative estimate of drug-likeness (QED) is 0.840. The average molecular weight is 264 g/mol. The lowest BCUT2D eigenvalue weighted by Gasteiger charge is -2.31. The van der Waals surface area contributed by atoms with Crippen molar-refractivity contribution in [3.63, 3.8) is 0 Å². The van der Waals surface area contributed by atoms with E-state index in [4.69, 9.17) is 0 Å². The molecule has 2 nitrogen and oxygen atoms in total. The number of rotatable bonds is 4. The first-order chi connectivity index (χ1) is 8.55. The van der Waals surface area contributed by atoms with Crippen LogP contribution in [0.25, 0.3) is 0 Å². The molecule has 2 unspecified atom stereocenters. The Hall–Kier alpha value is -0.290. The number of hydrogen-bond acceptors (Lipinski definition) is 2. The van der Waals surface area contributed by atoms with E-state index in [1.165, 1.54) is 12.8 Å². The van der Waals surface area contributed by atoms with Crippen LogP contribution in [0.2, 0.25) is 0 Å². The summed E-state index contributed by atoms with van der Waals surface area (Å²) in [4.78, 5) is 2.39. The molecular weight excluding hydrogens is 241 g/mol. The Morgan fingerprint density at radius 2 is 1.78 bits per heavy atom. The van der Waals surface area contributed by atoms with Gasteiger partial charge in [-0.3, -0.25) is 0 Å². The van der Waals surface area contributed by atoms with Crippen LogP contribution in [-0.2, 0) is 0 Å². The van der Waals surface area contributed by atoms with Crippen molar-refractivity contribution in [1.82, 2.24) is 10.2 Å². The van der Waals surface area contributed by atoms with Crippen LogP contribution < -0.4 is 5.32 Å². The molecule has 1 saturated heterocycles. The van der Waals surface area contributed by atoms with E-state index in [9.17, 15) is 13.2 Å². The zero-order valence-corrected chi connectivity index (χ0v) is 10.8. The lowest BCUT2D eigenvalue weighted by molar-refractivity contribution is -0.183. The van der Waals surface area contributed by atoms with Gasteiger partial charge in [0.1, 0.15) is 0 Å². The highest BCUT2D eigenvalue weighted by Crippen LogP contribution is 2.37. The van der Waals surface area contributed by atoms with E-state index in [2.05, 4.69) is 10.2 Å². The predicted octanol–water partition coefficient (Wildman–Crippen LogP) is 2.79. The van der Waals surface area contributed by atoms with Gasteiger partial charge in [-0.25, -0.2) is 0 Å². The van der Waals surface area contributed by atoms with E-state index in [-0.39, 0.29) is 12.5 Å². The van der Waals surface area contributed by atoms with Crippen LogP contribution >= 0.6 is 0 Å². The predicted molar refractivity (Wildman–Crippen MR) is 65.5 cm³/mol. The highest BCUT2D eigenvalue weighted by atomic mass is 19.4. The van der Waals surface area contributed by atoms with Gasteiger partial charge in [0.15, 0.2) is 0 Å². The monoisotopic (exact) mass is 264 g/mol. The average Bonchev–Trinajstić information content (AvgIpc) is 2.81. The summed E-state index contributed by atoms with van der Waals surface area (Å²) in [6.45, 7) is 4.11. The third-order valence-corrected chi connectivity index (χ3v) is 4.20. The van der Waals surface area contributed by atoms with Gasteiger partial charge in [-0.2, -0.15) is 13.2 Å². The van der Waals surface area contributed by atoms with E-state index in [1.54, 1.807) is 0 Å². The fourth-order valence-corrected chi connectivity index (χ4v) is 3.11. The van der Waals surface area contributed by atoms with E-state index >= 15 is 0 Å². The van der Waals surface area contributed by atoms with Crippen LogP contribution in [-0.4, -0.2) is 43.3 Å². The van der Waals surface area contributed by atoms with E-state index in [0.717, 1.165) is 32.6 Å². The van der Waals surface area contributed by atoms with Crippen molar-refractivity contribution in [2.75, 3.05) is 26.2 Å². The van der Waals surface area contributed by atoms with Crippen molar-refractivity contribution in [3.05, 3.63) is 0 Å². The lowest BCUT2D eigenvalue weighted by Crippen LogP contribution is -2.41. The molecule has 2 rings (SSSR count). The zero-order valence-electron chi connectivity index (χ0n) is 10.8. The normalized spacial score (nSPS) is 30.8. The molecule has 0 aromatic rings. The van der Waals surface area contributed by atoms with Crippen molar-refractivity contribution < 1.29 is 13.2 Å². The first-order valence-corrected chi connectivity index (χ1v) is 7.08. The topological polar surface area (TPSA) is 15.3 Å². The lowest BCUT2D eigenvalue weighted by atomic mass is 9.85. The molecular formula is C13H23F3N2. The molecule has 1 N–H and O–H groups in total. The second kappa shape index (κ2) is 6.24. The molecule has 2 fully saturated rings. The van der Waals surface area contributed by atoms with E-state index in [1.807, 2.05) is 0 Å². The molecule has 106 valence electrons. The number of likely N-dealkylation sites (tertiary alicyclic amines) is 1. The Kier molecular flexibility index (Phi) is 4.90. The molecule has 5 heteroatoms. The molecule has 1 heterocycles. The van der Waals surface area contributed by atoms with Gasteiger partial charge in [-0.15, -0.1) is 0 Å². The number of halogens is 3. The third-order valence-electron chi connectivity index (χ3n) is 4.20. The summed E-state index contributed by atoms with van der Waals surface area (Å²) < 4.78 is 37.9. The molecule has 1 saturated carbocycles. The molecule has 0 spiro atoms. The van der Waals surface area contributed by atoms with Gasteiger partial charge in [0, 0.05) is 19.1 Å². The van der Waals surface area contributed by atoms with Crippen LogP contribution in [0.3, 0.4) is 0 Å². The molecule has 0 aromatic carbocycles. The summed E-state index contributed by atoms with van der Waals surface area (Å²) in [6.07, 6.45) is 0.698. The van der Waals surface area contributed by atoms with Gasteiger partial charge >= 0.3 is 6.18 Å². The SMILES string of the molecule is FC(F)(F)C1CCCC(NCCN2CCCC2)C1. The maximum Gasteiger partial charge on any atom is 0.391 e. The largest absolute Gasteiger partial charge is 0.391 e. The molecule has 1 aliphatic carbocycles. The number of nitrogens with one attached hydrogen (secondary N) is 1. The van der Waals surface area contributed by atoms with Crippen LogP contribution in [0.5, 0.6) is 0 Å². The molecule has 2 atom stereocenters. The second-order valence-electron chi connectivity index (χ2n) is 5.60. The van der Waals surface area contributed by atoms with Gasteiger partial charge in [0.25, 0.3) is 0 Å². The summed E-state index contributed by atoms with van der Waals surface area (Å²) in [6, 6.07) is 0.0629. The van der Waals surface area contributed by atoms with Crippen molar-refractivity contribution in [3.8, 4) is 0 Å². The van der Waals surface area contributed by atoms with Crippen LogP contribution in [0.4, 0.5) is 13.2 Å². The first-order valence-electron chi connectivity index (χ1n) is 7.08. The van der Waals surface area contributed by atoms with Crippen molar-refractivity contribution >= 4 is 0 Å². The minimum atomic E-state index is -4.00. The third kappa shape index (κ3) is 4.12. The smallest absolute Gasteiger partial charge is 0.313 e. The van der Waals surface area contributed by atoms with Crippen molar-refractivity contribution in [2.45, 2.75) is 50.7 Å². The number of hydrogen-bond donors (Lipinski definition) is 1. The maximum absolute atomic E-state index is 12.6. The number of alkyl halides is 3. The fraction of sp³-hybridized carbons (Fsp3) is 1.00. The standard InChI is InChI=1S/C13H23F3N2/c14-13(15,16)11-4-3-5-12(10-11)17-6-9-18-7-1-2-8-18/h11-12,17H,1-10H2. The Balaban J connectivity index is 1.66. The van der Waals surface area contributed by atoms with Crippen molar-refractivity contribution in [1.29, 1.82) is 0 Å². The van der Waals surface area contributed by atoms with Gasteiger partial charge in [-0.1, -0.05) is 6.42 Å². The molecule has 1 aliphatic heterocycles.